The highest BCUT2D eigenvalue weighted by atomic mass is 35.5. The molecule has 1 atom stereocenters. The van der Waals surface area contributed by atoms with Crippen molar-refractivity contribution in [3.05, 3.63) is 46.0 Å². The molecule has 0 aromatic carbocycles. The van der Waals surface area contributed by atoms with Crippen LogP contribution in [0.15, 0.2) is 18.5 Å². The van der Waals surface area contributed by atoms with Crippen molar-refractivity contribution >= 4 is 34.9 Å². The van der Waals surface area contributed by atoms with Crippen LogP contribution in [0.5, 0.6) is 0 Å². The maximum atomic E-state index is 12.7. The highest BCUT2D eigenvalue weighted by Crippen LogP contribution is 2.24. The monoisotopic (exact) mass is 430 g/mol. The lowest BCUT2D eigenvalue weighted by atomic mass is 10.1. The molecule has 0 aliphatic rings. The fraction of sp³-hybridized carbons (Fsp3) is 0.333. The molecule has 7 nitrogen and oxygen atoms in total. The first kappa shape index (κ1) is 22.4. The first-order valence-electron chi connectivity index (χ1n) is 8.34. The molecule has 0 unspecified atom stereocenters. The predicted molar refractivity (Wildman–Crippen MR) is 100 cm³/mol. The fourth-order valence-corrected chi connectivity index (χ4v) is 2.93. The van der Waals surface area contributed by atoms with Crippen LogP contribution in [0.4, 0.5) is 18.9 Å². The van der Waals surface area contributed by atoms with E-state index >= 15 is 0 Å². The Morgan fingerprint density at radius 1 is 1.21 bits per heavy atom. The van der Waals surface area contributed by atoms with Gasteiger partial charge in [-0.1, -0.05) is 11.6 Å². The number of Topliss-reactive ketones (excluding diaryl/α,β-unsaturated/α-hetero) is 1. The molecule has 0 saturated carbocycles. The number of rotatable bonds is 5. The Hall–Kier alpha value is -2.88. The highest BCUT2D eigenvalue weighted by Gasteiger charge is 2.39. The number of carbonyl (C=O) groups is 3. The van der Waals surface area contributed by atoms with Gasteiger partial charge in [0, 0.05) is 18.9 Å². The van der Waals surface area contributed by atoms with Gasteiger partial charge >= 0.3 is 6.18 Å². The number of pyridine rings is 1. The quantitative estimate of drug-likeness (QED) is 0.562. The van der Waals surface area contributed by atoms with Gasteiger partial charge in [-0.25, -0.2) is 0 Å². The zero-order chi connectivity index (χ0) is 22.1. The van der Waals surface area contributed by atoms with Crippen molar-refractivity contribution in [3.63, 3.8) is 0 Å². The van der Waals surface area contributed by atoms with Gasteiger partial charge < -0.3 is 15.2 Å². The number of amides is 2. The summed E-state index contributed by atoms with van der Waals surface area (Å²) in [6.45, 7) is 3.71. The molecule has 29 heavy (non-hydrogen) atoms. The first-order valence-corrected chi connectivity index (χ1v) is 8.72. The molecule has 11 heteroatoms. The van der Waals surface area contributed by atoms with Crippen LogP contribution in [0, 0.1) is 13.8 Å². The van der Waals surface area contributed by atoms with E-state index in [1.54, 1.807) is 12.2 Å². The van der Waals surface area contributed by atoms with E-state index in [0.717, 1.165) is 6.92 Å². The third-order valence-corrected chi connectivity index (χ3v) is 4.59. The zero-order valence-corrected chi connectivity index (χ0v) is 16.7. The van der Waals surface area contributed by atoms with E-state index in [1.165, 1.54) is 37.0 Å². The van der Waals surface area contributed by atoms with Crippen molar-refractivity contribution in [3.8, 4) is 0 Å². The van der Waals surface area contributed by atoms with E-state index in [4.69, 9.17) is 11.6 Å². The van der Waals surface area contributed by atoms with Gasteiger partial charge in [0.15, 0.2) is 0 Å². The van der Waals surface area contributed by atoms with Crippen LogP contribution in [-0.2, 0) is 11.8 Å². The molecule has 2 heterocycles. The summed E-state index contributed by atoms with van der Waals surface area (Å²) in [5.41, 5.74) is 0.776. The third kappa shape index (κ3) is 4.76. The second-order valence-corrected chi connectivity index (χ2v) is 6.84. The molecule has 0 spiro atoms. The molecule has 2 aromatic heterocycles. The number of halogens is 4. The fourth-order valence-electron chi connectivity index (χ4n) is 2.76. The van der Waals surface area contributed by atoms with E-state index in [9.17, 15) is 27.6 Å². The molecule has 0 fully saturated rings. The van der Waals surface area contributed by atoms with Gasteiger partial charge in [0.1, 0.15) is 6.04 Å². The molecule has 0 aliphatic heterocycles. The Labute approximate surface area is 169 Å². The van der Waals surface area contributed by atoms with Crippen molar-refractivity contribution in [2.45, 2.75) is 33.0 Å². The van der Waals surface area contributed by atoms with E-state index < -0.39 is 29.8 Å². The van der Waals surface area contributed by atoms with Crippen LogP contribution < -0.4 is 10.6 Å². The Balaban J connectivity index is 2.33. The summed E-state index contributed by atoms with van der Waals surface area (Å²) in [4.78, 5) is 41.0. The maximum absolute atomic E-state index is 12.7. The summed E-state index contributed by atoms with van der Waals surface area (Å²) >= 11 is 5.83. The molecule has 2 N–H and O–H groups in total. The molecule has 0 radical (unpaired) electrons. The highest BCUT2D eigenvalue weighted by molar-refractivity contribution is 6.43. The summed E-state index contributed by atoms with van der Waals surface area (Å²) in [6, 6.07) is -0.725. The lowest BCUT2D eigenvalue weighted by Gasteiger charge is -2.16. The lowest BCUT2D eigenvalue weighted by Crippen LogP contribution is -2.46. The van der Waals surface area contributed by atoms with Crippen LogP contribution in [0.1, 0.15) is 39.0 Å². The van der Waals surface area contributed by atoms with Crippen LogP contribution in [0.3, 0.4) is 0 Å². The van der Waals surface area contributed by atoms with E-state index in [2.05, 4.69) is 10.3 Å². The number of aromatic nitrogens is 2. The largest absolute Gasteiger partial charge is 0.408 e. The Morgan fingerprint density at radius 2 is 1.83 bits per heavy atom. The molecule has 2 aromatic rings. The summed E-state index contributed by atoms with van der Waals surface area (Å²) in [7, 11) is 1.44. The van der Waals surface area contributed by atoms with Gasteiger partial charge in [-0.05, 0) is 32.4 Å². The summed E-state index contributed by atoms with van der Waals surface area (Å²) < 4.78 is 39.2. The Morgan fingerprint density at radius 3 is 2.38 bits per heavy atom. The van der Waals surface area contributed by atoms with Crippen LogP contribution in [-0.4, -0.2) is 39.4 Å². The van der Waals surface area contributed by atoms with Crippen LogP contribution in [0.25, 0.3) is 0 Å². The topological polar surface area (TPSA) is 93.1 Å². The van der Waals surface area contributed by atoms with Crippen molar-refractivity contribution in [1.29, 1.82) is 0 Å². The van der Waals surface area contributed by atoms with E-state index in [-0.39, 0.29) is 16.8 Å². The standard InChI is InChI=1S/C18H18ClF3N4O3/c1-8-13(16(28)25-12-5-11(19)6-23-7-12)9(2)26(4)14(8)15(27)17(29)24-10(3)18(20,21)22/h5-7,10H,1-4H3,(H,24,29)(H,25,28)/t10-/m1/s1. The average molecular weight is 431 g/mol. The normalized spacial score (nSPS) is 12.4. The van der Waals surface area contributed by atoms with Gasteiger partial charge in [0.2, 0.25) is 0 Å². The predicted octanol–water partition coefficient (Wildman–Crippen LogP) is 3.19. The molecule has 2 rings (SSSR count). The molecular formula is C18H18ClF3N4O3. The van der Waals surface area contributed by atoms with Gasteiger partial charge in [-0.15, -0.1) is 0 Å². The number of carbonyl (C=O) groups excluding carboxylic acids is 3. The average Bonchev–Trinajstić information content (AvgIpc) is 2.82. The first-order chi connectivity index (χ1) is 13.3. The SMILES string of the molecule is Cc1c(C(=O)Nc2cncc(Cl)c2)c(C)n(C)c1C(=O)C(=O)N[C@H](C)C(F)(F)F. The number of hydrogen-bond donors (Lipinski definition) is 2. The summed E-state index contributed by atoms with van der Waals surface area (Å²) in [6.07, 6.45) is -1.94. The molecule has 2 amide bonds. The second kappa shape index (κ2) is 8.24. The van der Waals surface area contributed by atoms with Crippen molar-refractivity contribution in [1.82, 2.24) is 14.9 Å². The summed E-state index contributed by atoms with van der Waals surface area (Å²) in [5.74, 6) is -3.17. The number of alkyl halides is 3. The van der Waals surface area contributed by atoms with E-state index in [0.29, 0.717) is 16.4 Å². The number of nitrogens with one attached hydrogen (secondary N) is 2. The molecule has 0 saturated heterocycles. The molecule has 156 valence electrons. The third-order valence-electron chi connectivity index (χ3n) is 4.38. The second-order valence-electron chi connectivity index (χ2n) is 6.40. The van der Waals surface area contributed by atoms with E-state index in [1.807, 2.05) is 0 Å². The Kier molecular flexibility index (Phi) is 6.37. The van der Waals surface area contributed by atoms with Crippen molar-refractivity contribution in [2.24, 2.45) is 7.05 Å². The molecule has 0 aliphatic carbocycles. The number of hydrogen-bond acceptors (Lipinski definition) is 4. The lowest BCUT2D eigenvalue weighted by molar-refractivity contribution is -0.156. The minimum atomic E-state index is -4.69. The minimum Gasteiger partial charge on any atom is -0.344 e. The van der Waals surface area contributed by atoms with Crippen LogP contribution >= 0.6 is 11.6 Å². The number of ketones is 1. The maximum Gasteiger partial charge on any atom is 0.408 e. The molecular weight excluding hydrogens is 413 g/mol. The Bertz CT molecular complexity index is 985. The zero-order valence-electron chi connectivity index (χ0n) is 15.9. The van der Waals surface area contributed by atoms with Gasteiger partial charge in [-0.3, -0.25) is 19.4 Å². The summed E-state index contributed by atoms with van der Waals surface area (Å²) in [5, 5.41) is 4.51. The molecule has 0 bridgehead atoms. The number of anilines is 1. The smallest absolute Gasteiger partial charge is 0.344 e. The van der Waals surface area contributed by atoms with Gasteiger partial charge in [0.05, 0.1) is 28.2 Å². The van der Waals surface area contributed by atoms with Crippen LogP contribution in [0.2, 0.25) is 5.02 Å². The van der Waals surface area contributed by atoms with Gasteiger partial charge in [-0.2, -0.15) is 13.2 Å². The van der Waals surface area contributed by atoms with Crippen molar-refractivity contribution < 1.29 is 27.6 Å². The van der Waals surface area contributed by atoms with Gasteiger partial charge in [0.25, 0.3) is 17.6 Å². The number of nitrogens with zero attached hydrogens (tertiary/aromatic N) is 2. The van der Waals surface area contributed by atoms with Crippen molar-refractivity contribution in [2.75, 3.05) is 5.32 Å². The minimum absolute atomic E-state index is 0.118.